The first kappa shape index (κ1) is 24.9. The van der Waals surface area contributed by atoms with E-state index in [1.807, 2.05) is 12.1 Å². The van der Waals surface area contributed by atoms with E-state index in [9.17, 15) is 9.59 Å². The number of carbonyl (C=O) groups is 2. The van der Waals surface area contributed by atoms with Crippen LogP contribution in [-0.4, -0.2) is 32.2 Å². The van der Waals surface area contributed by atoms with Gasteiger partial charge in [-0.15, -0.1) is 0 Å². The average Bonchev–Trinajstić information content (AvgIpc) is 2.84. The number of halogens is 2. The molecule has 0 saturated heterocycles. The van der Waals surface area contributed by atoms with Crippen LogP contribution in [0.5, 0.6) is 17.2 Å². The van der Waals surface area contributed by atoms with Gasteiger partial charge in [-0.2, -0.15) is 5.10 Å². The van der Waals surface area contributed by atoms with Gasteiger partial charge >= 0.3 is 11.8 Å². The first-order valence-electron chi connectivity index (χ1n) is 9.93. The third kappa shape index (κ3) is 6.87. The molecular weight excluding hydrogens is 481 g/mol. The Kier molecular flexibility index (Phi) is 8.73. The second-order valence-corrected chi connectivity index (χ2v) is 7.67. The summed E-state index contributed by atoms with van der Waals surface area (Å²) in [5, 5.41) is 7.19. The molecule has 0 unspecified atom stereocenters. The van der Waals surface area contributed by atoms with Gasteiger partial charge in [-0.1, -0.05) is 35.3 Å². The minimum Gasteiger partial charge on any atom is -0.497 e. The molecule has 10 heteroatoms. The monoisotopic (exact) mass is 501 g/mol. The zero-order valence-electron chi connectivity index (χ0n) is 18.3. The molecule has 3 aromatic rings. The lowest BCUT2D eigenvalue weighted by atomic mass is 10.2. The van der Waals surface area contributed by atoms with Gasteiger partial charge in [0.15, 0.2) is 11.5 Å². The fraction of sp³-hybridized carbons (Fsp3) is 0.125. The van der Waals surface area contributed by atoms with E-state index in [-0.39, 0.29) is 6.61 Å². The topological polar surface area (TPSA) is 98.2 Å². The van der Waals surface area contributed by atoms with Crippen molar-refractivity contribution in [2.45, 2.75) is 6.61 Å². The lowest BCUT2D eigenvalue weighted by molar-refractivity contribution is -0.136. The highest BCUT2D eigenvalue weighted by atomic mass is 35.5. The summed E-state index contributed by atoms with van der Waals surface area (Å²) in [6.45, 7) is 0.264. The Morgan fingerprint density at radius 2 is 1.65 bits per heavy atom. The third-order valence-electron chi connectivity index (χ3n) is 4.48. The van der Waals surface area contributed by atoms with Crippen LogP contribution in [-0.2, 0) is 16.2 Å². The molecule has 0 aromatic heterocycles. The molecule has 0 heterocycles. The molecule has 3 aromatic carbocycles. The van der Waals surface area contributed by atoms with Gasteiger partial charge in [0.05, 0.1) is 25.5 Å². The first-order valence-corrected chi connectivity index (χ1v) is 10.7. The van der Waals surface area contributed by atoms with Crippen LogP contribution in [0, 0.1) is 0 Å². The van der Waals surface area contributed by atoms with Gasteiger partial charge in [0.25, 0.3) is 0 Å². The Morgan fingerprint density at radius 3 is 2.29 bits per heavy atom. The van der Waals surface area contributed by atoms with Crippen molar-refractivity contribution in [2.24, 2.45) is 5.10 Å². The van der Waals surface area contributed by atoms with Gasteiger partial charge in [0.2, 0.25) is 0 Å². The average molecular weight is 502 g/mol. The van der Waals surface area contributed by atoms with Crippen molar-refractivity contribution in [1.29, 1.82) is 0 Å². The van der Waals surface area contributed by atoms with Crippen molar-refractivity contribution in [3.63, 3.8) is 0 Å². The smallest absolute Gasteiger partial charge is 0.329 e. The van der Waals surface area contributed by atoms with Crippen molar-refractivity contribution in [1.82, 2.24) is 5.43 Å². The van der Waals surface area contributed by atoms with E-state index < -0.39 is 11.8 Å². The number of benzene rings is 3. The van der Waals surface area contributed by atoms with Crippen LogP contribution in [0.4, 0.5) is 5.69 Å². The van der Waals surface area contributed by atoms with Crippen LogP contribution in [0.25, 0.3) is 0 Å². The molecule has 0 aliphatic carbocycles. The predicted molar refractivity (Wildman–Crippen MR) is 131 cm³/mol. The minimum atomic E-state index is -0.937. The van der Waals surface area contributed by atoms with Gasteiger partial charge < -0.3 is 19.5 Å². The molecule has 0 atom stereocenters. The molecule has 0 bridgehead atoms. The van der Waals surface area contributed by atoms with Crippen molar-refractivity contribution < 1.29 is 23.8 Å². The third-order valence-corrected chi connectivity index (χ3v) is 5.01. The summed E-state index contributed by atoms with van der Waals surface area (Å²) in [5.41, 5.74) is 4.04. The molecule has 2 N–H and O–H groups in total. The fourth-order valence-corrected chi connectivity index (χ4v) is 3.17. The summed E-state index contributed by atoms with van der Waals surface area (Å²) in [5.74, 6) is -0.440. The number of hydrogen-bond acceptors (Lipinski definition) is 6. The van der Waals surface area contributed by atoms with E-state index in [4.69, 9.17) is 37.4 Å². The highest BCUT2D eigenvalue weighted by molar-refractivity contribution is 6.39. The lowest BCUT2D eigenvalue weighted by Crippen LogP contribution is -2.32. The molecule has 0 fully saturated rings. The maximum absolute atomic E-state index is 12.0. The summed E-state index contributed by atoms with van der Waals surface area (Å²) < 4.78 is 16.2. The number of methoxy groups -OCH3 is 2. The Bertz CT molecular complexity index is 1180. The zero-order valence-corrected chi connectivity index (χ0v) is 19.8. The molecule has 0 saturated carbocycles. The van der Waals surface area contributed by atoms with Crippen LogP contribution in [0.1, 0.15) is 11.1 Å². The van der Waals surface area contributed by atoms with E-state index in [2.05, 4.69) is 15.8 Å². The number of anilines is 1. The summed E-state index contributed by atoms with van der Waals surface area (Å²) in [7, 11) is 3.01. The normalized spacial score (nSPS) is 10.6. The number of hydrogen-bond donors (Lipinski definition) is 2. The standard InChI is InChI=1S/C24H21Cl2N3O5/c1-32-19-9-7-18(8-10-19)28-23(30)24(31)29-27-13-16-11-20(26)22(21(12-16)33-2)34-14-15-3-5-17(25)6-4-15/h3-13H,14H2,1-2H3,(H,28,30)(H,29,31)/b27-13-. The Morgan fingerprint density at radius 1 is 0.941 bits per heavy atom. The fourth-order valence-electron chi connectivity index (χ4n) is 2.77. The van der Waals surface area contributed by atoms with Gasteiger partial charge in [0, 0.05) is 10.7 Å². The van der Waals surface area contributed by atoms with E-state index in [0.29, 0.717) is 38.5 Å². The number of nitrogens with one attached hydrogen (secondary N) is 2. The number of ether oxygens (including phenoxy) is 3. The minimum absolute atomic E-state index is 0.264. The highest BCUT2D eigenvalue weighted by Gasteiger charge is 2.14. The van der Waals surface area contributed by atoms with Gasteiger partial charge in [0.1, 0.15) is 12.4 Å². The molecule has 176 valence electrons. The Hall–Kier alpha value is -3.75. The summed E-state index contributed by atoms with van der Waals surface area (Å²) in [4.78, 5) is 24.0. The van der Waals surface area contributed by atoms with Crippen LogP contribution >= 0.6 is 23.2 Å². The van der Waals surface area contributed by atoms with Crippen LogP contribution < -0.4 is 25.0 Å². The van der Waals surface area contributed by atoms with E-state index in [0.717, 1.165) is 5.56 Å². The van der Waals surface area contributed by atoms with Gasteiger partial charge in [-0.25, -0.2) is 5.43 Å². The van der Waals surface area contributed by atoms with Gasteiger partial charge in [-0.05, 0) is 59.7 Å². The maximum atomic E-state index is 12.0. The second-order valence-electron chi connectivity index (χ2n) is 6.83. The Labute approximate surface area is 206 Å². The number of carbonyl (C=O) groups excluding carboxylic acids is 2. The molecule has 8 nitrogen and oxygen atoms in total. The summed E-state index contributed by atoms with van der Waals surface area (Å²) >= 11 is 12.3. The van der Waals surface area contributed by atoms with Crippen LogP contribution in [0.3, 0.4) is 0 Å². The highest BCUT2D eigenvalue weighted by Crippen LogP contribution is 2.36. The number of hydrazone groups is 1. The van der Waals surface area contributed by atoms with Gasteiger partial charge in [-0.3, -0.25) is 9.59 Å². The number of nitrogens with zero attached hydrogens (tertiary/aromatic N) is 1. The van der Waals surface area contributed by atoms with Crippen molar-refractivity contribution in [3.05, 3.63) is 81.8 Å². The quantitative estimate of drug-likeness (QED) is 0.265. The number of rotatable bonds is 8. The summed E-state index contributed by atoms with van der Waals surface area (Å²) in [6.07, 6.45) is 1.33. The van der Waals surface area contributed by atoms with Crippen molar-refractivity contribution >= 4 is 46.9 Å². The molecule has 2 amide bonds. The van der Waals surface area contributed by atoms with Crippen LogP contribution in [0.15, 0.2) is 65.8 Å². The molecule has 0 aliphatic rings. The Balaban J connectivity index is 1.60. The predicted octanol–water partition coefficient (Wildman–Crippen LogP) is 4.68. The summed E-state index contributed by atoms with van der Waals surface area (Å²) in [6, 6.07) is 17.0. The van der Waals surface area contributed by atoms with Crippen molar-refractivity contribution in [2.75, 3.05) is 19.5 Å². The molecule has 0 radical (unpaired) electrons. The zero-order chi connectivity index (χ0) is 24.5. The van der Waals surface area contributed by atoms with Crippen molar-refractivity contribution in [3.8, 4) is 17.2 Å². The van der Waals surface area contributed by atoms with E-state index in [1.54, 1.807) is 48.5 Å². The lowest BCUT2D eigenvalue weighted by Gasteiger charge is -2.13. The van der Waals surface area contributed by atoms with E-state index >= 15 is 0 Å². The SMILES string of the molecule is COc1ccc(NC(=O)C(=O)N/N=C\c2cc(Cl)c(OCc3ccc(Cl)cc3)c(OC)c2)cc1. The molecule has 0 aliphatic heterocycles. The molecule has 3 rings (SSSR count). The molecule has 34 heavy (non-hydrogen) atoms. The molecule has 0 spiro atoms. The second kappa shape index (κ2) is 11.9. The largest absolute Gasteiger partial charge is 0.497 e. The maximum Gasteiger partial charge on any atom is 0.329 e. The first-order chi connectivity index (χ1) is 16.4. The molecular formula is C24H21Cl2N3O5. The number of amides is 2. The van der Waals surface area contributed by atoms with E-state index in [1.165, 1.54) is 20.4 Å². The van der Waals surface area contributed by atoms with Crippen LogP contribution in [0.2, 0.25) is 10.0 Å².